The van der Waals surface area contributed by atoms with E-state index in [2.05, 4.69) is 10.1 Å². The van der Waals surface area contributed by atoms with Crippen molar-refractivity contribution < 1.29 is 18.8 Å². The Morgan fingerprint density at radius 3 is 2.64 bits per heavy atom. The molecule has 0 bridgehead atoms. The number of anilines is 2. The van der Waals surface area contributed by atoms with Gasteiger partial charge in [-0.2, -0.15) is 4.98 Å². The van der Waals surface area contributed by atoms with E-state index in [1.54, 1.807) is 41.2 Å². The second-order valence-corrected chi connectivity index (χ2v) is 9.82. The standard InChI is InChI=1S/C27H22N4O4S/c1-17-6-5-7-18(14-17)25-28-23(35-29-25)15-30-22-9-4-3-8-21(22)27(26(30)33)31(24(32)16-36-27)19-10-12-20(34-2)13-11-19/h3-14H,15-16H2,1-2H3. The van der Waals surface area contributed by atoms with Gasteiger partial charge in [0.2, 0.25) is 22.5 Å². The fourth-order valence-corrected chi connectivity index (χ4v) is 6.16. The van der Waals surface area contributed by atoms with Crippen LogP contribution in [0.4, 0.5) is 11.4 Å². The number of ether oxygens (including phenoxy) is 1. The van der Waals surface area contributed by atoms with Crippen LogP contribution in [-0.2, 0) is 21.0 Å². The predicted octanol–water partition coefficient (Wildman–Crippen LogP) is 4.53. The van der Waals surface area contributed by atoms with E-state index >= 15 is 0 Å². The first-order valence-corrected chi connectivity index (χ1v) is 12.4. The van der Waals surface area contributed by atoms with E-state index in [1.165, 1.54) is 11.8 Å². The van der Waals surface area contributed by atoms with E-state index < -0.39 is 4.87 Å². The van der Waals surface area contributed by atoms with Crippen LogP contribution in [-0.4, -0.2) is 34.8 Å². The van der Waals surface area contributed by atoms with Gasteiger partial charge in [-0.25, -0.2) is 0 Å². The van der Waals surface area contributed by atoms with Gasteiger partial charge in [0, 0.05) is 16.8 Å². The van der Waals surface area contributed by atoms with Crippen LogP contribution in [0.1, 0.15) is 17.0 Å². The molecule has 6 rings (SSSR count). The molecule has 2 amide bonds. The highest BCUT2D eigenvalue weighted by Crippen LogP contribution is 2.56. The summed E-state index contributed by atoms with van der Waals surface area (Å²) in [6.45, 7) is 2.10. The van der Waals surface area contributed by atoms with Crippen molar-refractivity contribution in [3.05, 3.63) is 89.8 Å². The molecule has 1 atom stereocenters. The topological polar surface area (TPSA) is 88.8 Å². The number of nitrogens with zero attached hydrogens (tertiary/aromatic N) is 4. The number of carbonyl (C=O) groups is 2. The van der Waals surface area contributed by atoms with E-state index in [0.717, 1.165) is 22.4 Å². The lowest BCUT2D eigenvalue weighted by Gasteiger charge is -2.33. The summed E-state index contributed by atoms with van der Waals surface area (Å²) in [5.41, 5.74) is 4.05. The highest BCUT2D eigenvalue weighted by molar-refractivity contribution is 8.02. The van der Waals surface area contributed by atoms with Crippen LogP contribution in [0.2, 0.25) is 0 Å². The van der Waals surface area contributed by atoms with Gasteiger partial charge in [-0.05, 0) is 43.3 Å². The summed E-state index contributed by atoms with van der Waals surface area (Å²) in [5.74, 6) is 1.30. The van der Waals surface area contributed by atoms with Crippen molar-refractivity contribution in [1.29, 1.82) is 0 Å². The molecular formula is C27H22N4O4S. The fourth-order valence-electron chi connectivity index (χ4n) is 4.80. The van der Waals surface area contributed by atoms with Crippen LogP contribution in [0.25, 0.3) is 11.4 Å². The minimum atomic E-state index is -1.21. The number of methoxy groups -OCH3 is 1. The molecule has 0 N–H and O–H groups in total. The second kappa shape index (κ2) is 8.53. The number of hydrogen-bond donors (Lipinski definition) is 0. The number of hydrogen-bond acceptors (Lipinski definition) is 7. The van der Waals surface area contributed by atoms with Crippen molar-refractivity contribution in [1.82, 2.24) is 10.1 Å². The lowest BCUT2D eigenvalue weighted by atomic mass is 10.0. The molecule has 3 aromatic carbocycles. The predicted molar refractivity (Wildman–Crippen MR) is 137 cm³/mol. The van der Waals surface area contributed by atoms with Gasteiger partial charge in [0.15, 0.2) is 0 Å². The third kappa shape index (κ3) is 3.38. The molecule has 2 aliphatic rings. The number of carbonyl (C=O) groups excluding carboxylic acids is 2. The zero-order chi connectivity index (χ0) is 24.9. The maximum atomic E-state index is 14.2. The summed E-state index contributed by atoms with van der Waals surface area (Å²) in [4.78, 5) is 33.9. The third-order valence-corrected chi connectivity index (χ3v) is 7.82. The van der Waals surface area contributed by atoms with Crippen molar-refractivity contribution in [3.8, 4) is 17.1 Å². The van der Waals surface area contributed by atoms with Crippen molar-refractivity contribution in [2.75, 3.05) is 22.7 Å². The SMILES string of the molecule is COc1ccc(N2C(=O)CSC23C(=O)N(Cc2nc(-c4cccc(C)c4)no2)c2ccccc23)cc1. The molecule has 0 radical (unpaired) electrons. The monoisotopic (exact) mass is 498 g/mol. The Balaban J connectivity index is 1.38. The van der Waals surface area contributed by atoms with Crippen molar-refractivity contribution in [3.63, 3.8) is 0 Å². The Kier molecular flexibility index (Phi) is 5.30. The normalized spacial score (nSPS) is 18.8. The zero-order valence-corrected chi connectivity index (χ0v) is 20.5. The molecule has 36 heavy (non-hydrogen) atoms. The Bertz CT molecular complexity index is 1490. The first kappa shape index (κ1) is 22.4. The molecule has 1 fully saturated rings. The number of fused-ring (bicyclic) bond motifs is 2. The summed E-state index contributed by atoms with van der Waals surface area (Å²) in [6, 6.07) is 22.6. The van der Waals surface area contributed by atoms with E-state index in [0.29, 0.717) is 23.2 Å². The number of aryl methyl sites for hydroxylation is 1. The third-order valence-electron chi connectivity index (χ3n) is 6.43. The van der Waals surface area contributed by atoms with E-state index in [4.69, 9.17) is 9.26 Å². The van der Waals surface area contributed by atoms with Crippen LogP contribution in [0.3, 0.4) is 0 Å². The summed E-state index contributed by atoms with van der Waals surface area (Å²) < 4.78 is 10.8. The highest BCUT2D eigenvalue weighted by atomic mass is 32.2. The van der Waals surface area contributed by atoms with E-state index in [9.17, 15) is 9.59 Å². The molecule has 4 aromatic rings. The molecule has 3 heterocycles. The van der Waals surface area contributed by atoms with Gasteiger partial charge < -0.3 is 9.26 Å². The van der Waals surface area contributed by atoms with Crippen LogP contribution < -0.4 is 14.5 Å². The Labute approximate surface area is 211 Å². The van der Waals surface area contributed by atoms with Gasteiger partial charge in [-0.15, -0.1) is 11.8 Å². The van der Waals surface area contributed by atoms with Gasteiger partial charge >= 0.3 is 0 Å². The minimum Gasteiger partial charge on any atom is -0.497 e. The van der Waals surface area contributed by atoms with Crippen LogP contribution in [0, 0.1) is 6.92 Å². The van der Waals surface area contributed by atoms with Gasteiger partial charge in [-0.1, -0.05) is 47.1 Å². The number of para-hydroxylation sites is 1. The lowest BCUT2D eigenvalue weighted by Crippen LogP contribution is -2.49. The molecule has 0 saturated carbocycles. The number of rotatable bonds is 5. The van der Waals surface area contributed by atoms with Crippen molar-refractivity contribution >= 4 is 35.0 Å². The van der Waals surface area contributed by atoms with Crippen LogP contribution >= 0.6 is 11.8 Å². The molecule has 1 unspecified atom stereocenters. The number of aromatic nitrogens is 2. The minimum absolute atomic E-state index is 0.0988. The van der Waals surface area contributed by atoms with Gasteiger partial charge in [0.1, 0.15) is 12.3 Å². The maximum absolute atomic E-state index is 14.2. The largest absolute Gasteiger partial charge is 0.497 e. The molecular weight excluding hydrogens is 476 g/mol. The number of benzene rings is 3. The summed E-state index contributed by atoms with van der Waals surface area (Å²) >= 11 is 1.33. The average molecular weight is 499 g/mol. The number of amides is 2. The first-order chi connectivity index (χ1) is 17.5. The number of thioether (sulfide) groups is 1. The Hall–Kier alpha value is -4.11. The second-order valence-electron chi connectivity index (χ2n) is 8.65. The molecule has 8 nitrogen and oxygen atoms in total. The molecule has 180 valence electrons. The summed E-state index contributed by atoms with van der Waals surface area (Å²) in [6.07, 6.45) is 0. The molecule has 1 spiro atoms. The Morgan fingerprint density at radius 1 is 1.06 bits per heavy atom. The molecule has 1 aromatic heterocycles. The van der Waals surface area contributed by atoms with Crippen molar-refractivity contribution in [2.45, 2.75) is 18.3 Å². The maximum Gasteiger partial charge on any atom is 0.269 e. The lowest BCUT2D eigenvalue weighted by molar-refractivity contribution is -0.123. The highest BCUT2D eigenvalue weighted by Gasteiger charge is 2.61. The fraction of sp³-hybridized carbons (Fsp3) is 0.185. The van der Waals surface area contributed by atoms with Crippen LogP contribution in [0.5, 0.6) is 5.75 Å². The molecule has 9 heteroatoms. The summed E-state index contributed by atoms with van der Waals surface area (Å²) in [7, 11) is 1.59. The smallest absolute Gasteiger partial charge is 0.269 e. The average Bonchev–Trinajstić information content (AvgIpc) is 3.57. The zero-order valence-electron chi connectivity index (χ0n) is 19.7. The molecule has 0 aliphatic carbocycles. The quantitative estimate of drug-likeness (QED) is 0.399. The Morgan fingerprint density at radius 2 is 1.86 bits per heavy atom. The van der Waals surface area contributed by atoms with Crippen LogP contribution in [0.15, 0.2) is 77.3 Å². The van der Waals surface area contributed by atoms with Crippen molar-refractivity contribution in [2.24, 2.45) is 0 Å². The molecule has 2 aliphatic heterocycles. The molecule has 1 saturated heterocycles. The van der Waals surface area contributed by atoms with E-state index in [1.807, 2.05) is 55.5 Å². The van der Waals surface area contributed by atoms with Gasteiger partial charge in [-0.3, -0.25) is 19.4 Å². The summed E-state index contributed by atoms with van der Waals surface area (Å²) in [5, 5.41) is 4.12. The van der Waals surface area contributed by atoms with Gasteiger partial charge in [0.05, 0.1) is 18.6 Å². The van der Waals surface area contributed by atoms with Gasteiger partial charge in [0.25, 0.3) is 5.91 Å². The first-order valence-electron chi connectivity index (χ1n) is 11.4. The van der Waals surface area contributed by atoms with E-state index in [-0.39, 0.29) is 24.1 Å².